The van der Waals surface area contributed by atoms with Crippen LogP contribution in [0.1, 0.15) is 36.7 Å². The molecule has 1 atom stereocenters. The van der Waals surface area contributed by atoms with Gasteiger partial charge >= 0.3 is 0 Å². The molecule has 0 amide bonds. The summed E-state index contributed by atoms with van der Waals surface area (Å²) < 4.78 is 2.26. The fourth-order valence-corrected chi connectivity index (χ4v) is 3.21. The van der Waals surface area contributed by atoms with Gasteiger partial charge in [0.15, 0.2) is 0 Å². The second kappa shape index (κ2) is 6.10. The van der Waals surface area contributed by atoms with E-state index in [1.165, 1.54) is 29.5 Å². The molecule has 22 heavy (non-hydrogen) atoms. The van der Waals surface area contributed by atoms with Crippen LogP contribution >= 0.6 is 0 Å². The quantitative estimate of drug-likeness (QED) is 0.868. The van der Waals surface area contributed by atoms with E-state index in [9.17, 15) is 5.26 Å². The Balaban J connectivity index is 2.04. The second-order valence-electron chi connectivity index (χ2n) is 6.58. The van der Waals surface area contributed by atoms with E-state index in [0.29, 0.717) is 0 Å². The molecule has 4 heteroatoms. The summed E-state index contributed by atoms with van der Waals surface area (Å²) in [6.45, 7) is 10.2. The Morgan fingerprint density at radius 2 is 1.91 bits per heavy atom. The van der Waals surface area contributed by atoms with Crippen LogP contribution in [0.5, 0.6) is 0 Å². The topological polar surface area (TPSA) is 44.9 Å². The van der Waals surface area contributed by atoms with Gasteiger partial charge in [0.25, 0.3) is 0 Å². The van der Waals surface area contributed by atoms with Gasteiger partial charge in [-0.25, -0.2) is 4.98 Å². The van der Waals surface area contributed by atoms with Crippen molar-refractivity contribution in [1.29, 1.82) is 5.26 Å². The van der Waals surface area contributed by atoms with Crippen molar-refractivity contribution in [3.05, 3.63) is 29.1 Å². The van der Waals surface area contributed by atoms with Gasteiger partial charge in [0.2, 0.25) is 0 Å². The Morgan fingerprint density at radius 3 is 2.59 bits per heavy atom. The molecule has 116 valence electrons. The molecule has 1 saturated heterocycles. The van der Waals surface area contributed by atoms with Crippen LogP contribution in [0.2, 0.25) is 0 Å². The van der Waals surface area contributed by atoms with Crippen LogP contribution in [0.25, 0.3) is 11.0 Å². The van der Waals surface area contributed by atoms with Crippen LogP contribution in [-0.2, 0) is 13.1 Å². The number of fused-ring (bicyclic) bond motifs is 1. The highest BCUT2D eigenvalue weighted by Gasteiger charge is 2.18. The number of benzene rings is 1. The summed E-state index contributed by atoms with van der Waals surface area (Å²) in [5.74, 6) is 1.10. The van der Waals surface area contributed by atoms with Crippen molar-refractivity contribution in [3.63, 3.8) is 0 Å². The first-order chi connectivity index (χ1) is 10.6. The first-order valence-corrected chi connectivity index (χ1v) is 8.17. The van der Waals surface area contributed by atoms with E-state index in [-0.39, 0.29) is 5.92 Å². The maximum absolute atomic E-state index is 9.19. The summed E-state index contributed by atoms with van der Waals surface area (Å²) in [6, 6.07) is 6.74. The van der Waals surface area contributed by atoms with Gasteiger partial charge in [-0.2, -0.15) is 5.26 Å². The van der Waals surface area contributed by atoms with E-state index >= 15 is 0 Å². The number of hydrogen-bond acceptors (Lipinski definition) is 3. The van der Waals surface area contributed by atoms with Crippen LogP contribution in [0.3, 0.4) is 0 Å². The largest absolute Gasteiger partial charge is 0.326 e. The molecule has 1 aromatic heterocycles. The van der Waals surface area contributed by atoms with Crippen molar-refractivity contribution < 1.29 is 0 Å². The normalized spacial score (nSPS) is 17.0. The highest BCUT2D eigenvalue weighted by Crippen LogP contribution is 2.23. The Kier molecular flexibility index (Phi) is 4.17. The fraction of sp³-hybridized carbons (Fsp3) is 0.556. The first-order valence-electron chi connectivity index (χ1n) is 8.17. The lowest BCUT2D eigenvalue weighted by Gasteiger charge is -2.16. The Bertz CT molecular complexity index is 717. The minimum Gasteiger partial charge on any atom is -0.326 e. The molecule has 0 bridgehead atoms. The van der Waals surface area contributed by atoms with Crippen LogP contribution < -0.4 is 0 Å². The van der Waals surface area contributed by atoms with Gasteiger partial charge in [-0.1, -0.05) is 0 Å². The second-order valence-corrected chi connectivity index (χ2v) is 6.58. The number of aryl methyl sites for hydroxylation is 2. The standard InChI is InChI=1S/C18H24N4/c1-13(10-19)11-22-17-9-15(3)14(2)8-16(17)20-18(22)12-21-6-4-5-7-21/h8-9,13H,4-7,11-12H2,1-3H3. The van der Waals surface area contributed by atoms with Gasteiger partial charge in [-0.15, -0.1) is 0 Å². The molecular formula is C18H24N4. The molecule has 0 saturated carbocycles. The van der Waals surface area contributed by atoms with Gasteiger partial charge in [0.1, 0.15) is 5.82 Å². The zero-order valence-corrected chi connectivity index (χ0v) is 13.8. The zero-order chi connectivity index (χ0) is 15.7. The van der Waals surface area contributed by atoms with Crippen molar-refractivity contribution in [2.75, 3.05) is 13.1 Å². The van der Waals surface area contributed by atoms with Gasteiger partial charge < -0.3 is 4.57 Å². The van der Waals surface area contributed by atoms with E-state index in [2.05, 4.69) is 41.5 Å². The van der Waals surface area contributed by atoms with E-state index in [4.69, 9.17) is 4.98 Å². The van der Waals surface area contributed by atoms with Crippen LogP contribution in [-0.4, -0.2) is 27.5 Å². The summed E-state index contributed by atoms with van der Waals surface area (Å²) >= 11 is 0. The van der Waals surface area contributed by atoms with Crippen molar-refractivity contribution in [2.45, 2.75) is 46.7 Å². The smallest absolute Gasteiger partial charge is 0.124 e. The Labute approximate surface area is 132 Å². The molecule has 0 N–H and O–H groups in total. The van der Waals surface area contributed by atoms with Crippen LogP contribution in [0, 0.1) is 31.1 Å². The average molecular weight is 296 g/mol. The molecule has 1 unspecified atom stereocenters. The number of hydrogen-bond donors (Lipinski definition) is 0. The monoisotopic (exact) mass is 296 g/mol. The van der Waals surface area contributed by atoms with Crippen molar-refractivity contribution >= 4 is 11.0 Å². The van der Waals surface area contributed by atoms with E-state index < -0.39 is 0 Å². The highest BCUT2D eigenvalue weighted by atomic mass is 15.2. The lowest BCUT2D eigenvalue weighted by atomic mass is 10.1. The fourth-order valence-electron chi connectivity index (χ4n) is 3.21. The Morgan fingerprint density at radius 1 is 1.23 bits per heavy atom. The molecule has 4 nitrogen and oxygen atoms in total. The van der Waals surface area contributed by atoms with Crippen molar-refractivity contribution in [3.8, 4) is 6.07 Å². The highest BCUT2D eigenvalue weighted by molar-refractivity contribution is 5.78. The summed E-state index contributed by atoms with van der Waals surface area (Å²) in [7, 11) is 0. The van der Waals surface area contributed by atoms with E-state index in [1.807, 2.05) is 6.92 Å². The predicted molar refractivity (Wildman–Crippen MR) is 88.5 cm³/mol. The van der Waals surface area contributed by atoms with Gasteiger partial charge in [0.05, 0.1) is 29.6 Å². The van der Waals surface area contributed by atoms with Crippen molar-refractivity contribution in [1.82, 2.24) is 14.5 Å². The average Bonchev–Trinajstić information content (AvgIpc) is 3.10. The molecule has 0 aliphatic carbocycles. The number of aromatic nitrogens is 2. The number of imidazole rings is 1. The minimum atomic E-state index is -0.00339. The number of likely N-dealkylation sites (tertiary alicyclic amines) is 1. The lowest BCUT2D eigenvalue weighted by molar-refractivity contribution is 0.315. The van der Waals surface area contributed by atoms with Gasteiger partial charge in [-0.3, -0.25) is 4.90 Å². The van der Waals surface area contributed by atoms with E-state index in [0.717, 1.165) is 37.5 Å². The first kappa shape index (κ1) is 15.1. The lowest BCUT2D eigenvalue weighted by Crippen LogP contribution is -2.22. The summed E-state index contributed by atoms with van der Waals surface area (Å²) in [4.78, 5) is 7.34. The SMILES string of the molecule is Cc1cc2nc(CN3CCCC3)n(CC(C)C#N)c2cc1C. The molecular weight excluding hydrogens is 272 g/mol. The number of nitriles is 1. The molecule has 1 aromatic carbocycles. The third-order valence-electron chi connectivity index (χ3n) is 4.68. The molecule has 2 aromatic rings. The van der Waals surface area contributed by atoms with Crippen LogP contribution in [0.15, 0.2) is 12.1 Å². The molecule has 1 aliphatic rings. The Hall–Kier alpha value is -1.86. The number of rotatable bonds is 4. The zero-order valence-electron chi connectivity index (χ0n) is 13.8. The molecule has 0 radical (unpaired) electrons. The summed E-state index contributed by atoms with van der Waals surface area (Å²) in [6.07, 6.45) is 2.57. The summed E-state index contributed by atoms with van der Waals surface area (Å²) in [5.41, 5.74) is 4.78. The molecule has 1 fully saturated rings. The number of nitrogens with zero attached hydrogens (tertiary/aromatic N) is 4. The van der Waals surface area contributed by atoms with Gasteiger partial charge in [0, 0.05) is 6.54 Å². The maximum atomic E-state index is 9.19. The van der Waals surface area contributed by atoms with E-state index in [1.54, 1.807) is 0 Å². The molecule has 2 heterocycles. The third-order valence-corrected chi connectivity index (χ3v) is 4.68. The molecule has 1 aliphatic heterocycles. The third kappa shape index (κ3) is 2.86. The van der Waals surface area contributed by atoms with Crippen LogP contribution in [0.4, 0.5) is 0 Å². The predicted octanol–water partition coefficient (Wildman–Crippen LogP) is 3.41. The molecule has 0 spiro atoms. The maximum Gasteiger partial charge on any atom is 0.124 e. The summed E-state index contributed by atoms with van der Waals surface area (Å²) in [5, 5.41) is 9.19. The minimum absolute atomic E-state index is 0.00339. The molecule has 3 rings (SSSR count). The van der Waals surface area contributed by atoms with Crippen molar-refractivity contribution in [2.24, 2.45) is 5.92 Å². The van der Waals surface area contributed by atoms with Gasteiger partial charge in [-0.05, 0) is 70.0 Å².